The van der Waals surface area contributed by atoms with E-state index >= 15 is 0 Å². The molecule has 12 heavy (non-hydrogen) atoms. The normalized spacial score (nSPS) is 17.6. The van der Waals surface area contributed by atoms with Crippen LogP contribution in [0.3, 0.4) is 0 Å². The Labute approximate surface area is 69.9 Å². The summed E-state index contributed by atoms with van der Waals surface area (Å²) in [5.74, 6) is -0.475. The summed E-state index contributed by atoms with van der Waals surface area (Å²) in [5.41, 5.74) is -0.433. The van der Waals surface area contributed by atoms with Gasteiger partial charge >= 0.3 is 0 Å². The molecule has 0 aromatic carbocycles. The van der Waals surface area contributed by atoms with Crippen molar-refractivity contribution in [3.63, 3.8) is 0 Å². The largest absolute Gasteiger partial charge is 0.410 e. The van der Waals surface area contributed by atoms with Gasteiger partial charge in [0.2, 0.25) is 5.71 Å². The lowest BCUT2D eigenvalue weighted by Gasteiger charge is -2.11. The molecule has 1 aliphatic rings. The monoisotopic (exact) mass is 167 g/mol. The maximum absolute atomic E-state index is 11.2. The molecule has 64 valence electrons. The average molecular weight is 167 g/mol. The third-order valence-electron chi connectivity index (χ3n) is 1.80. The fourth-order valence-electron chi connectivity index (χ4n) is 1.18. The van der Waals surface area contributed by atoms with Crippen LogP contribution in [0.15, 0.2) is 5.16 Å². The second-order valence-corrected chi connectivity index (χ2v) is 2.56. The number of hydrogen-bond donors (Lipinski definition) is 1. The summed E-state index contributed by atoms with van der Waals surface area (Å²) < 4.78 is 0. The van der Waals surface area contributed by atoms with Crippen LogP contribution in [0.1, 0.15) is 12.8 Å². The first-order valence-corrected chi connectivity index (χ1v) is 3.71. The quantitative estimate of drug-likeness (QED) is 0.338. The van der Waals surface area contributed by atoms with Crippen LogP contribution in [0.2, 0.25) is 0 Å². The molecule has 0 bridgehead atoms. The Hall–Kier alpha value is -1.57. The number of nitriles is 1. The third-order valence-corrected chi connectivity index (χ3v) is 1.80. The number of hydrogen-bond acceptors (Lipinski definition) is 4. The summed E-state index contributed by atoms with van der Waals surface area (Å²) >= 11 is 0. The second-order valence-electron chi connectivity index (χ2n) is 2.56. The Balaban J connectivity index is 2.64. The zero-order valence-corrected chi connectivity index (χ0v) is 6.53. The van der Waals surface area contributed by atoms with Gasteiger partial charge in [-0.1, -0.05) is 5.16 Å². The second kappa shape index (κ2) is 3.72. The van der Waals surface area contributed by atoms with Crippen molar-refractivity contribution in [1.82, 2.24) is 4.90 Å². The van der Waals surface area contributed by atoms with Crippen molar-refractivity contribution < 1.29 is 10.0 Å². The van der Waals surface area contributed by atoms with Crippen molar-refractivity contribution >= 4 is 11.6 Å². The summed E-state index contributed by atoms with van der Waals surface area (Å²) in [6.45, 7) is 1.30. The van der Waals surface area contributed by atoms with Gasteiger partial charge in [-0.05, 0) is 12.8 Å². The minimum atomic E-state index is -0.475. The Kier molecular flexibility index (Phi) is 2.64. The first kappa shape index (κ1) is 8.53. The molecular formula is C7H9N3O2. The Morgan fingerprint density at radius 1 is 1.50 bits per heavy atom. The van der Waals surface area contributed by atoms with E-state index in [1.165, 1.54) is 11.0 Å². The van der Waals surface area contributed by atoms with Crippen LogP contribution in [0, 0.1) is 11.3 Å². The van der Waals surface area contributed by atoms with Gasteiger partial charge in [0, 0.05) is 13.1 Å². The molecule has 0 spiro atoms. The molecule has 5 heteroatoms. The summed E-state index contributed by atoms with van der Waals surface area (Å²) in [6, 6.07) is 1.54. The molecule has 0 saturated carbocycles. The van der Waals surface area contributed by atoms with Crippen molar-refractivity contribution in [2.24, 2.45) is 5.16 Å². The van der Waals surface area contributed by atoms with E-state index in [-0.39, 0.29) is 0 Å². The molecule has 0 aliphatic carbocycles. The molecule has 1 heterocycles. The molecular weight excluding hydrogens is 158 g/mol. The number of nitrogens with zero attached hydrogens (tertiary/aromatic N) is 3. The van der Waals surface area contributed by atoms with Crippen LogP contribution >= 0.6 is 0 Å². The van der Waals surface area contributed by atoms with Gasteiger partial charge in [0.1, 0.15) is 6.07 Å². The predicted octanol–water partition coefficient (Wildman–Crippen LogP) is -0.0374. The molecule has 1 rings (SSSR count). The predicted molar refractivity (Wildman–Crippen MR) is 40.6 cm³/mol. The standard InChI is InChI=1S/C7H9N3O2/c8-5-6(9-12)7(11)10-3-1-2-4-10/h12H,1-4H2. The molecule has 5 nitrogen and oxygen atoms in total. The van der Waals surface area contributed by atoms with E-state index in [1.807, 2.05) is 0 Å². The highest BCUT2D eigenvalue weighted by Gasteiger charge is 2.22. The lowest BCUT2D eigenvalue weighted by Crippen LogP contribution is -2.33. The molecule has 0 aromatic rings. The van der Waals surface area contributed by atoms with Crippen molar-refractivity contribution in [3.05, 3.63) is 0 Å². The molecule has 0 radical (unpaired) electrons. The van der Waals surface area contributed by atoms with Gasteiger partial charge in [-0.25, -0.2) is 0 Å². The van der Waals surface area contributed by atoms with Crippen molar-refractivity contribution in [3.8, 4) is 6.07 Å². The smallest absolute Gasteiger partial charge is 0.286 e. The van der Waals surface area contributed by atoms with E-state index in [0.29, 0.717) is 13.1 Å². The molecule has 0 atom stereocenters. The molecule has 1 amide bonds. The van der Waals surface area contributed by atoms with Crippen molar-refractivity contribution in [2.75, 3.05) is 13.1 Å². The van der Waals surface area contributed by atoms with E-state index in [9.17, 15) is 4.79 Å². The van der Waals surface area contributed by atoms with E-state index in [2.05, 4.69) is 5.16 Å². The fraction of sp³-hybridized carbons (Fsp3) is 0.571. The zero-order valence-electron chi connectivity index (χ0n) is 6.53. The van der Waals surface area contributed by atoms with Gasteiger partial charge in [0.15, 0.2) is 0 Å². The number of carbonyl (C=O) groups excluding carboxylic acids is 1. The number of amides is 1. The topological polar surface area (TPSA) is 76.7 Å². The van der Waals surface area contributed by atoms with E-state index < -0.39 is 11.6 Å². The summed E-state index contributed by atoms with van der Waals surface area (Å²) in [7, 11) is 0. The van der Waals surface area contributed by atoms with Crippen LogP contribution in [-0.4, -0.2) is 34.8 Å². The highest BCUT2D eigenvalue weighted by molar-refractivity contribution is 6.44. The molecule has 0 unspecified atom stereocenters. The van der Waals surface area contributed by atoms with Gasteiger partial charge in [-0.3, -0.25) is 4.79 Å². The summed E-state index contributed by atoms with van der Waals surface area (Å²) in [5, 5.41) is 19.3. The molecule has 1 fully saturated rings. The molecule has 0 aromatic heterocycles. The van der Waals surface area contributed by atoms with Gasteiger partial charge in [-0.15, -0.1) is 0 Å². The Bertz CT molecular complexity index is 248. The summed E-state index contributed by atoms with van der Waals surface area (Å²) in [4.78, 5) is 12.7. The van der Waals surface area contributed by atoms with Gasteiger partial charge in [0.05, 0.1) is 0 Å². The van der Waals surface area contributed by atoms with Gasteiger partial charge in [0.25, 0.3) is 5.91 Å². The number of oxime groups is 1. The average Bonchev–Trinajstić information content (AvgIpc) is 2.58. The molecule has 1 saturated heterocycles. The summed E-state index contributed by atoms with van der Waals surface area (Å²) in [6.07, 6.45) is 1.91. The maximum atomic E-state index is 11.2. The number of likely N-dealkylation sites (tertiary alicyclic amines) is 1. The SMILES string of the molecule is N#CC(=NO)C(=O)N1CCCC1. The van der Waals surface area contributed by atoms with Crippen molar-refractivity contribution in [1.29, 1.82) is 5.26 Å². The van der Waals surface area contributed by atoms with E-state index in [4.69, 9.17) is 10.5 Å². The first-order chi connectivity index (χ1) is 5.79. The zero-order chi connectivity index (χ0) is 8.97. The van der Waals surface area contributed by atoms with E-state index in [0.717, 1.165) is 12.8 Å². The van der Waals surface area contributed by atoms with Crippen LogP contribution in [0.5, 0.6) is 0 Å². The van der Waals surface area contributed by atoms with Gasteiger partial charge < -0.3 is 10.1 Å². The van der Waals surface area contributed by atoms with Crippen LogP contribution in [0.25, 0.3) is 0 Å². The lowest BCUT2D eigenvalue weighted by atomic mass is 10.3. The third kappa shape index (κ3) is 1.53. The highest BCUT2D eigenvalue weighted by atomic mass is 16.4. The first-order valence-electron chi connectivity index (χ1n) is 3.71. The van der Waals surface area contributed by atoms with Crippen LogP contribution in [0.4, 0.5) is 0 Å². The van der Waals surface area contributed by atoms with Crippen LogP contribution in [-0.2, 0) is 4.79 Å². The molecule has 1 aliphatic heterocycles. The molecule has 1 N–H and O–H groups in total. The minimum Gasteiger partial charge on any atom is -0.410 e. The fourth-order valence-corrected chi connectivity index (χ4v) is 1.18. The maximum Gasteiger partial charge on any atom is 0.286 e. The highest BCUT2D eigenvalue weighted by Crippen LogP contribution is 2.07. The van der Waals surface area contributed by atoms with Crippen LogP contribution < -0.4 is 0 Å². The Morgan fingerprint density at radius 3 is 2.50 bits per heavy atom. The Morgan fingerprint density at radius 2 is 2.08 bits per heavy atom. The van der Waals surface area contributed by atoms with Gasteiger partial charge in [-0.2, -0.15) is 5.26 Å². The van der Waals surface area contributed by atoms with Crippen molar-refractivity contribution in [2.45, 2.75) is 12.8 Å². The minimum absolute atomic E-state index is 0.433. The van der Waals surface area contributed by atoms with E-state index in [1.54, 1.807) is 0 Å². The number of rotatable bonds is 1. The lowest BCUT2D eigenvalue weighted by molar-refractivity contribution is -0.123. The number of carbonyl (C=O) groups is 1.